The van der Waals surface area contributed by atoms with E-state index in [1.807, 2.05) is 41.5 Å². The maximum absolute atomic E-state index is 13.0. The van der Waals surface area contributed by atoms with Crippen molar-refractivity contribution in [3.63, 3.8) is 0 Å². The maximum Gasteiger partial charge on any atom is 0.263 e. The zero-order valence-electron chi connectivity index (χ0n) is 16.9. The minimum atomic E-state index is -0.157. The van der Waals surface area contributed by atoms with Crippen molar-refractivity contribution in [3.8, 4) is 0 Å². The molecule has 0 aliphatic rings. The predicted molar refractivity (Wildman–Crippen MR) is 116 cm³/mol. The molecule has 28 heavy (non-hydrogen) atoms. The molecule has 3 rings (SSSR count). The van der Waals surface area contributed by atoms with Crippen molar-refractivity contribution in [2.75, 3.05) is 11.1 Å². The molecule has 0 spiro atoms. The summed E-state index contributed by atoms with van der Waals surface area (Å²) in [5.41, 5.74) is 0.950. The van der Waals surface area contributed by atoms with Crippen LogP contribution >= 0.6 is 23.1 Å². The number of thiophene rings is 1. The van der Waals surface area contributed by atoms with Gasteiger partial charge in [-0.15, -0.1) is 11.3 Å². The van der Waals surface area contributed by atoms with Crippen molar-refractivity contribution in [3.05, 3.63) is 33.1 Å². The smallest absolute Gasteiger partial charge is 0.263 e. The fourth-order valence-electron chi connectivity index (χ4n) is 2.98. The van der Waals surface area contributed by atoms with E-state index in [-0.39, 0.29) is 29.3 Å². The summed E-state index contributed by atoms with van der Waals surface area (Å²) in [5, 5.41) is 8.36. The second-order valence-corrected chi connectivity index (χ2v) is 9.36. The van der Waals surface area contributed by atoms with Crippen LogP contribution < -0.4 is 10.9 Å². The standard InChI is InChI=1S/C19H25N5O2S2/c1-10(2)23-18(26)16-12(5)13(6)28-17(16)22-19(23)27-9-15(25)21-14-7-8-20-24(14)11(3)4/h7-8,10-11H,9H2,1-6H3,(H,21,25). The first-order valence-corrected chi connectivity index (χ1v) is 11.0. The Labute approximate surface area is 172 Å². The average Bonchev–Trinajstić information content (AvgIpc) is 3.17. The summed E-state index contributed by atoms with van der Waals surface area (Å²) in [5.74, 6) is 0.669. The van der Waals surface area contributed by atoms with Gasteiger partial charge < -0.3 is 5.32 Å². The molecule has 1 N–H and O–H groups in total. The molecule has 0 saturated carbocycles. The Hall–Kier alpha value is -2.13. The number of hydrogen-bond donors (Lipinski definition) is 1. The normalized spacial score (nSPS) is 11.7. The second-order valence-electron chi connectivity index (χ2n) is 7.22. The summed E-state index contributed by atoms with van der Waals surface area (Å²) in [6.45, 7) is 11.9. The third kappa shape index (κ3) is 3.86. The number of hydrogen-bond acceptors (Lipinski definition) is 6. The van der Waals surface area contributed by atoms with Gasteiger partial charge >= 0.3 is 0 Å². The number of aryl methyl sites for hydroxylation is 2. The average molecular weight is 420 g/mol. The molecule has 0 saturated heterocycles. The van der Waals surface area contributed by atoms with Crippen molar-refractivity contribution in [2.45, 2.75) is 58.8 Å². The van der Waals surface area contributed by atoms with E-state index in [1.54, 1.807) is 21.5 Å². The van der Waals surface area contributed by atoms with Crippen LogP contribution in [0.3, 0.4) is 0 Å². The van der Waals surface area contributed by atoms with E-state index in [4.69, 9.17) is 4.98 Å². The van der Waals surface area contributed by atoms with Gasteiger partial charge in [-0.25, -0.2) is 9.67 Å². The molecule has 0 unspecified atom stereocenters. The van der Waals surface area contributed by atoms with Crippen LogP contribution in [0.4, 0.5) is 5.82 Å². The molecule has 0 fully saturated rings. The number of carbonyl (C=O) groups is 1. The summed E-state index contributed by atoms with van der Waals surface area (Å²) in [7, 11) is 0. The Bertz CT molecular complexity index is 1080. The van der Waals surface area contributed by atoms with Gasteiger partial charge in [-0.05, 0) is 47.1 Å². The lowest BCUT2D eigenvalue weighted by Gasteiger charge is -2.15. The third-order valence-corrected chi connectivity index (χ3v) is 6.53. The minimum Gasteiger partial charge on any atom is -0.310 e. The van der Waals surface area contributed by atoms with E-state index >= 15 is 0 Å². The van der Waals surface area contributed by atoms with Gasteiger partial charge in [0.15, 0.2) is 5.16 Å². The summed E-state index contributed by atoms with van der Waals surface area (Å²) in [6.07, 6.45) is 1.66. The van der Waals surface area contributed by atoms with E-state index in [1.165, 1.54) is 23.1 Å². The van der Waals surface area contributed by atoms with Crippen LogP contribution in [0.5, 0.6) is 0 Å². The van der Waals surface area contributed by atoms with Crippen LogP contribution in [0, 0.1) is 13.8 Å². The number of aromatic nitrogens is 4. The van der Waals surface area contributed by atoms with Gasteiger partial charge in [0.1, 0.15) is 10.6 Å². The van der Waals surface area contributed by atoms with Crippen molar-refractivity contribution < 1.29 is 4.79 Å². The first-order chi connectivity index (χ1) is 13.2. The fourth-order valence-corrected chi connectivity index (χ4v) is 4.98. The Balaban J connectivity index is 1.85. The molecule has 9 heteroatoms. The van der Waals surface area contributed by atoms with Crippen LogP contribution in [-0.4, -0.2) is 31.0 Å². The molecular weight excluding hydrogens is 394 g/mol. The Morgan fingerprint density at radius 1 is 1.25 bits per heavy atom. The number of thioether (sulfide) groups is 1. The molecule has 3 aromatic heterocycles. The van der Waals surface area contributed by atoms with Crippen molar-refractivity contribution in [1.29, 1.82) is 0 Å². The topological polar surface area (TPSA) is 81.8 Å². The Morgan fingerprint density at radius 2 is 1.96 bits per heavy atom. The molecule has 0 aliphatic heterocycles. The number of carbonyl (C=O) groups excluding carboxylic acids is 1. The molecule has 0 radical (unpaired) electrons. The van der Waals surface area contributed by atoms with Crippen LogP contribution in [0.25, 0.3) is 10.2 Å². The molecule has 0 atom stereocenters. The molecule has 150 valence electrons. The Morgan fingerprint density at radius 3 is 2.61 bits per heavy atom. The minimum absolute atomic E-state index is 0.0392. The predicted octanol–water partition coefficient (Wildman–Crippen LogP) is 4.16. The molecule has 3 aromatic rings. The number of nitrogens with zero attached hydrogens (tertiary/aromatic N) is 4. The summed E-state index contributed by atoms with van der Waals surface area (Å²) >= 11 is 2.80. The molecule has 0 aromatic carbocycles. The largest absolute Gasteiger partial charge is 0.310 e. The molecule has 0 aliphatic carbocycles. The third-order valence-electron chi connectivity index (χ3n) is 4.48. The molecule has 1 amide bonds. The number of anilines is 1. The van der Waals surface area contributed by atoms with E-state index in [2.05, 4.69) is 10.4 Å². The fraction of sp³-hybridized carbons (Fsp3) is 0.474. The van der Waals surface area contributed by atoms with Crippen LogP contribution in [0.15, 0.2) is 22.2 Å². The zero-order chi connectivity index (χ0) is 20.6. The van der Waals surface area contributed by atoms with Gasteiger partial charge in [0.25, 0.3) is 5.56 Å². The molecule has 7 nitrogen and oxygen atoms in total. The number of amides is 1. The van der Waals surface area contributed by atoms with Crippen molar-refractivity contribution >= 4 is 45.0 Å². The van der Waals surface area contributed by atoms with Crippen molar-refractivity contribution in [1.82, 2.24) is 19.3 Å². The number of nitrogens with one attached hydrogen (secondary N) is 1. The van der Waals surface area contributed by atoms with Gasteiger partial charge in [0.2, 0.25) is 5.91 Å². The van der Waals surface area contributed by atoms with Crippen molar-refractivity contribution in [2.24, 2.45) is 0 Å². The summed E-state index contributed by atoms with van der Waals surface area (Å²) in [6, 6.07) is 1.88. The highest BCUT2D eigenvalue weighted by molar-refractivity contribution is 7.99. The SMILES string of the molecule is Cc1sc2nc(SCC(=O)Nc3ccnn3C(C)C)n(C(C)C)c(=O)c2c1C. The van der Waals surface area contributed by atoms with E-state index in [0.717, 1.165) is 15.3 Å². The highest BCUT2D eigenvalue weighted by Crippen LogP contribution is 2.29. The number of rotatable bonds is 6. The van der Waals surface area contributed by atoms with E-state index in [0.29, 0.717) is 16.4 Å². The molecule has 0 bridgehead atoms. The van der Waals surface area contributed by atoms with E-state index in [9.17, 15) is 9.59 Å². The van der Waals surface area contributed by atoms with E-state index < -0.39 is 0 Å². The summed E-state index contributed by atoms with van der Waals surface area (Å²) < 4.78 is 3.44. The highest BCUT2D eigenvalue weighted by atomic mass is 32.2. The van der Waals surface area contributed by atoms with Gasteiger partial charge in [0, 0.05) is 23.0 Å². The van der Waals surface area contributed by atoms with Crippen LogP contribution in [0.2, 0.25) is 0 Å². The maximum atomic E-state index is 13.0. The highest BCUT2D eigenvalue weighted by Gasteiger charge is 2.19. The number of fused-ring (bicyclic) bond motifs is 1. The zero-order valence-corrected chi connectivity index (χ0v) is 18.6. The van der Waals surface area contributed by atoms with Gasteiger partial charge in [-0.3, -0.25) is 14.2 Å². The van der Waals surface area contributed by atoms with Gasteiger partial charge in [0.05, 0.1) is 17.3 Å². The lowest BCUT2D eigenvalue weighted by Crippen LogP contribution is -2.26. The lowest BCUT2D eigenvalue weighted by atomic mass is 10.2. The summed E-state index contributed by atoms with van der Waals surface area (Å²) in [4.78, 5) is 32.0. The van der Waals surface area contributed by atoms with Gasteiger partial charge in [-0.2, -0.15) is 5.10 Å². The van der Waals surface area contributed by atoms with Gasteiger partial charge in [-0.1, -0.05) is 11.8 Å². The lowest BCUT2D eigenvalue weighted by molar-refractivity contribution is -0.113. The second kappa shape index (κ2) is 8.08. The molecular formula is C19H25N5O2S2. The van der Waals surface area contributed by atoms with Crippen LogP contribution in [-0.2, 0) is 4.79 Å². The quantitative estimate of drug-likeness (QED) is 0.479. The Kier molecular flexibility index (Phi) is 5.95. The monoisotopic (exact) mass is 419 g/mol. The van der Waals surface area contributed by atoms with Crippen LogP contribution in [0.1, 0.15) is 50.2 Å². The molecule has 3 heterocycles. The first kappa shape index (κ1) is 20.6. The first-order valence-electron chi connectivity index (χ1n) is 9.19.